The Bertz CT molecular complexity index is 399. The van der Waals surface area contributed by atoms with Crippen LogP contribution in [0.15, 0.2) is 22.7 Å². The minimum absolute atomic E-state index is 0.364. The van der Waals surface area contributed by atoms with E-state index < -0.39 is 6.29 Å². The van der Waals surface area contributed by atoms with E-state index in [1.807, 2.05) is 6.07 Å². The van der Waals surface area contributed by atoms with Crippen LogP contribution in [0.5, 0.6) is 5.75 Å². The molecule has 86 valence electrons. The molecule has 0 spiro atoms. The lowest BCUT2D eigenvalue weighted by atomic mass is 10.2. The molecule has 0 atom stereocenters. The Kier molecular flexibility index (Phi) is 3.58. The lowest BCUT2D eigenvalue weighted by Gasteiger charge is -2.15. The standard InChI is InChI=1S/C11H11BrO4/c1-7(13)16-9-4-2-3-8(12)10(9)11-14-5-6-15-11/h2-4,11H,5-6H2,1H3. The van der Waals surface area contributed by atoms with Crippen molar-refractivity contribution in [3.63, 3.8) is 0 Å². The number of benzene rings is 1. The van der Waals surface area contributed by atoms with Crippen LogP contribution in [-0.4, -0.2) is 19.2 Å². The fourth-order valence-electron chi connectivity index (χ4n) is 1.51. The van der Waals surface area contributed by atoms with Crippen LogP contribution < -0.4 is 4.74 Å². The van der Waals surface area contributed by atoms with Gasteiger partial charge < -0.3 is 14.2 Å². The molecule has 16 heavy (non-hydrogen) atoms. The summed E-state index contributed by atoms with van der Waals surface area (Å²) >= 11 is 3.40. The maximum absolute atomic E-state index is 11.0. The van der Waals surface area contributed by atoms with E-state index in [9.17, 15) is 4.79 Å². The third-order valence-electron chi connectivity index (χ3n) is 2.12. The molecular formula is C11H11BrO4. The van der Waals surface area contributed by atoms with E-state index in [0.717, 1.165) is 10.0 Å². The van der Waals surface area contributed by atoms with Crippen molar-refractivity contribution >= 4 is 21.9 Å². The quantitative estimate of drug-likeness (QED) is 0.619. The number of ether oxygens (including phenoxy) is 3. The average molecular weight is 287 g/mol. The molecule has 0 saturated carbocycles. The van der Waals surface area contributed by atoms with Gasteiger partial charge in [-0.25, -0.2) is 0 Å². The van der Waals surface area contributed by atoms with Crippen molar-refractivity contribution in [2.45, 2.75) is 13.2 Å². The summed E-state index contributed by atoms with van der Waals surface area (Å²) in [6.45, 7) is 2.46. The number of rotatable bonds is 2. The van der Waals surface area contributed by atoms with Crippen LogP contribution in [0.4, 0.5) is 0 Å². The summed E-state index contributed by atoms with van der Waals surface area (Å²) in [5.41, 5.74) is 0.718. The van der Waals surface area contributed by atoms with E-state index in [4.69, 9.17) is 14.2 Å². The van der Waals surface area contributed by atoms with Gasteiger partial charge in [-0.2, -0.15) is 0 Å². The Morgan fingerprint density at radius 3 is 2.75 bits per heavy atom. The maximum Gasteiger partial charge on any atom is 0.308 e. The van der Waals surface area contributed by atoms with Crippen molar-refractivity contribution < 1.29 is 19.0 Å². The summed E-state index contributed by atoms with van der Waals surface area (Å²) in [5.74, 6) is 0.103. The van der Waals surface area contributed by atoms with Crippen molar-refractivity contribution in [1.82, 2.24) is 0 Å². The van der Waals surface area contributed by atoms with Crippen LogP contribution in [-0.2, 0) is 14.3 Å². The van der Waals surface area contributed by atoms with Crippen LogP contribution in [0, 0.1) is 0 Å². The average Bonchev–Trinajstić information content (AvgIpc) is 2.69. The lowest BCUT2D eigenvalue weighted by molar-refractivity contribution is -0.132. The smallest absolute Gasteiger partial charge is 0.308 e. The van der Waals surface area contributed by atoms with E-state index in [2.05, 4.69) is 15.9 Å². The minimum atomic E-state index is -0.468. The van der Waals surface area contributed by atoms with Gasteiger partial charge in [0, 0.05) is 11.4 Å². The SMILES string of the molecule is CC(=O)Oc1cccc(Br)c1C1OCCO1. The van der Waals surface area contributed by atoms with Gasteiger partial charge in [0.15, 0.2) is 6.29 Å². The Labute approximate surface area is 102 Å². The Balaban J connectivity index is 2.35. The topological polar surface area (TPSA) is 44.8 Å². The zero-order chi connectivity index (χ0) is 11.5. The number of carbonyl (C=O) groups is 1. The summed E-state index contributed by atoms with van der Waals surface area (Å²) < 4.78 is 16.7. The zero-order valence-electron chi connectivity index (χ0n) is 8.73. The minimum Gasteiger partial charge on any atom is -0.426 e. The van der Waals surface area contributed by atoms with Gasteiger partial charge in [-0.3, -0.25) is 4.79 Å². The molecule has 0 radical (unpaired) electrons. The number of hydrogen-bond donors (Lipinski definition) is 0. The summed E-state index contributed by atoms with van der Waals surface area (Å²) in [6.07, 6.45) is -0.468. The molecule has 1 fully saturated rings. The summed E-state index contributed by atoms with van der Waals surface area (Å²) in [5, 5.41) is 0. The number of esters is 1. The Morgan fingerprint density at radius 1 is 1.44 bits per heavy atom. The highest BCUT2D eigenvalue weighted by Crippen LogP contribution is 2.36. The molecule has 1 aromatic carbocycles. The second-order valence-corrected chi connectivity index (χ2v) is 4.17. The van der Waals surface area contributed by atoms with Crippen LogP contribution in [0.3, 0.4) is 0 Å². The molecule has 1 aliphatic heterocycles. The van der Waals surface area contributed by atoms with E-state index in [1.165, 1.54) is 6.92 Å². The molecule has 0 N–H and O–H groups in total. The lowest BCUT2D eigenvalue weighted by Crippen LogP contribution is -2.08. The van der Waals surface area contributed by atoms with Gasteiger partial charge in [0.05, 0.1) is 18.8 Å². The highest BCUT2D eigenvalue weighted by Gasteiger charge is 2.25. The zero-order valence-corrected chi connectivity index (χ0v) is 10.3. The highest BCUT2D eigenvalue weighted by molar-refractivity contribution is 9.10. The third kappa shape index (κ3) is 2.42. The van der Waals surface area contributed by atoms with E-state index >= 15 is 0 Å². The first-order valence-corrected chi connectivity index (χ1v) is 5.68. The van der Waals surface area contributed by atoms with Crippen molar-refractivity contribution in [2.75, 3.05) is 13.2 Å². The van der Waals surface area contributed by atoms with Crippen molar-refractivity contribution in [3.8, 4) is 5.75 Å². The number of hydrogen-bond acceptors (Lipinski definition) is 4. The molecule has 2 rings (SSSR count). The Hall–Kier alpha value is -0.910. The number of halogens is 1. The molecule has 0 amide bonds. The predicted octanol–water partition coefficient (Wildman–Crippen LogP) is 2.42. The fraction of sp³-hybridized carbons (Fsp3) is 0.364. The maximum atomic E-state index is 11.0. The molecule has 1 saturated heterocycles. The molecule has 5 heteroatoms. The molecular weight excluding hydrogens is 276 g/mol. The van der Waals surface area contributed by atoms with E-state index in [-0.39, 0.29) is 5.97 Å². The predicted molar refractivity (Wildman–Crippen MR) is 60.1 cm³/mol. The normalized spacial score (nSPS) is 16.4. The largest absolute Gasteiger partial charge is 0.426 e. The van der Waals surface area contributed by atoms with E-state index in [0.29, 0.717) is 19.0 Å². The first kappa shape index (κ1) is 11.6. The molecule has 0 unspecified atom stereocenters. The van der Waals surface area contributed by atoms with Crippen LogP contribution >= 0.6 is 15.9 Å². The third-order valence-corrected chi connectivity index (χ3v) is 2.82. The van der Waals surface area contributed by atoms with Crippen molar-refractivity contribution in [1.29, 1.82) is 0 Å². The molecule has 1 aromatic rings. The molecule has 1 heterocycles. The number of carbonyl (C=O) groups excluding carboxylic acids is 1. The van der Waals surface area contributed by atoms with Crippen molar-refractivity contribution in [2.24, 2.45) is 0 Å². The molecule has 4 nitrogen and oxygen atoms in total. The Morgan fingerprint density at radius 2 is 2.12 bits per heavy atom. The van der Waals surface area contributed by atoms with Gasteiger partial charge in [-0.15, -0.1) is 0 Å². The molecule has 0 aromatic heterocycles. The monoisotopic (exact) mass is 286 g/mol. The van der Waals surface area contributed by atoms with Crippen LogP contribution in [0.1, 0.15) is 18.8 Å². The van der Waals surface area contributed by atoms with Gasteiger partial charge >= 0.3 is 5.97 Å². The van der Waals surface area contributed by atoms with Crippen molar-refractivity contribution in [3.05, 3.63) is 28.2 Å². The first-order valence-electron chi connectivity index (χ1n) is 4.88. The van der Waals surface area contributed by atoms with Gasteiger partial charge in [0.1, 0.15) is 5.75 Å². The summed E-state index contributed by atoms with van der Waals surface area (Å²) in [7, 11) is 0. The van der Waals surface area contributed by atoms with Crippen LogP contribution in [0.25, 0.3) is 0 Å². The van der Waals surface area contributed by atoms with Gasteiger partial charge in [0.25, 0.3) is 0 Å². The highest BCUT2D eigenvalue weighted by atomic mass is 79.9. The van der Waals surface area contributed by atoms with Gasteiger partial charge in [0.2, 0.25) is 0 Å². The second-order valence-electron chi connectivity index (χ2n) is 3.32. The molecule has 0 aliphatic carbocycles. The summed E-state index contributed by atoms with van der Waals surface area (Å²) in [4.78, 5) is 11.0. The molecule has 0 bridgehead atoms. The molecule has 1 aliphatic rings. The van der Waals surface area contributed by atoms with E-state index in [1.54, 1.807) is 12.1 Å². The second kappa shape index (κ2) is 4.95. The van der Waals surface area contributed by atoms with Crippen LogP contribution in [0.2, 0.25) is 0 Å². The van der Waals surface area contributed by atoms with Gasteiger partial charge in [-0.1, -0.05) is 22.0 Å². The summed E-state index contributed by atoms with van der Waals surface area (Å²) in [6, 6.07) is 5.36. The fourth-order valence-corrected chi connectivity index (χ4v) is 2.05. The van der Waals surface area contributed by atoms with Gasteiger partial charge in [-0.05, 0) is 12.1 Å². The first-order chi connectivity index (χ1) is 7.68.